The van der Waals surface area contributed by atoms with Crippen LogP contribution in [0.15, 0.2) is 0 Å². The van der Waals surface area contributed by atoms with Crippen LogP contribution in [-0.4, -0.2) is 45.1 Å². The Hall–Kier alpha value is 0.0300. The van der Waals surface area contributed by atoms with Crippen LogP contribution in [0.1, 0.15) is 12.8 Å². The van der Waals surface area contributed by atoms with E-state index < -0.39 is 7.75 Å². The quantitative estimate of drug-likeness (QED) is 0.565. The summed E-state index contributed by atoms with van der Waals surface area (Å²) in [5.74, 6) is 0. The Kier molecular flexibility index (Phi) is 8.23. The molecule has 0 heterocycles. The van der Waals surface area contributed by atoms with Crippen molar-refractivity contribution < 1.29 is 13.6 Å². The number of rotatable bonds is 9. The topological polar surface area (TPSA) is 90.8 Å². The van der Waals surface area contributed by atoms with E-state index in [1.54, 1.807) is 4.67 Å². The minimum Gasteiger partial charge on any atom is -0.330 e. The molecule has 0 amide bonds. The summed E-state index contributed by atoms with van der Waals surface area (Å²) < 4.78 is 23.6. The second-order valence-electron chi connectivity index (χ2n) is 3.07. The first kappa shape index (κ1) is 15.0. The number of hydrogen-bond donors (Lipinski definition) is 2. The average Bonchev–Trinajstić information content (AvgIpc) is 2.28. The van der Waals surface area contributed by atoms with Gasteiger partial charge in [-0.15, -0.1) is 0 Å². The molecule has 0 radical (unpaired) electrons. The van der Waals surface area contributed by atoms with E-state index >= 15 is 0 Å². The summed E-state index contributed by atoms with van der Waals surface area (Å²) in [6, 6.07) is 0. The van der Waals surface area contributed by atoms with Gasteiger partial charge < -0.3 is 11.5 Å². The van der Waals surface area contributed by atoms with Gasteiger partial charge in [0.25, 0.3) is 0 Å². The normalized spacial score (nSPS) is 12.3. The minimum absolute atomic E-state index is 0.548. The standard InChI is InChI=1S/C8H22N3O3P/c1-13-15(12,14-2)11(7-3-5-9)8-4-6-10/h3-10H2,1-2H3. The smallest absolute Gasteiger partial charge is 0.330 e. The molecule has 0 spiro atoms. The summed E-state index contributed by atoms with van der Waals surface area (Å²) in [5.41, 5.74) is 10.8. The highest BCUT2D eigenvalue weighted by atomic mass is 31.2. The van der Waals surface area contributed by atoms with Crippen molar-refractivity contribution in [3.63, 3.8) is 0 Å². The van der Waals surface area contributed by atoms with Crippen molar-refractivity contribution in [3.05, 3.63) is 0 Å². The van der Waals surface area contributed by atoms with Crippen LogP contribution in [0.4, 0.5) is 0 Å². The van der Waals surface area contributed by atoms with Crippen LogP contribution in [0.25, 0.3) is 0 Å². The second-order valence-corrected chi connectivity index (χ2v) is 5.30. The fourth-order valence-corrected chi connectivity index (χ4v) is 2.59. The number of nitrogens with two attached hydrogens (primary N) is 2. The van der Waals surface area contributed by atoms with Gasteiger partial charge in [0.1, 0.15) is 0 Å². The van der Waals surface area contributed by atoms with Crippen LogP contribution in [-0.2, 0) is 13.6 Å². The Morgan fingerprint density at radius 1 is 1.07 bits per heavy atom. The minimum atomic E-state index is -3.13. The molecule has 0 unspecified atom stereocenters. The Balaban J connectivity index is 4.36. The van der Waals surface area contributed by atoms with E-state index in [0.29, 0.717) is 26.2 Å². The van der Waals surface area contributed by atoms with E-state index in [0.717, 1.165) is 12.8 Å². The Morgan fingerprint density at radius 2 is 1.47 bits per heavy atom. The molecule has 0 aliphatic rings. The van der Waals surface area contributed by atoms with Crippen LogP contribution in [0.3, 0.4) is 0 Å². The summed E-state index contributed by atoms with van der Waals surface area (Å²) in [7, 11) is -0.374. The molecular formula is C8H22N3O3P. The van der Waals surface area contributed by atoms with Gasteiger partial charge >= 0.3 is 7.75 Å². The lowest BCUT2D eigenvalue weighted by molar-refractivity contribution is 0.206. The first-order chi connectivity index (χ1) is 7.14. The zero-order chi connectivity index (χ0) is 11.7. The highest BCUT2D eigenvalue weighted by Gasteiger charge is 2.29. The summed E-state index contributed by atoms with van der Waals surface area (Å²) in [6.45, 7) is 2.28. The summed E-state index contributed by atoms with van der Waals surface area (Å²) in [5, 5.41) is 0. The number of hydrogen-bond acceptors (Lipinski definition) is 5. The van der Waals surface area contributed by atoms with E-state index in [1.807, 2.05) is 0 Å². The molecule has 6 nitrogen and oxygen atoms in total. The van der Waals surface area contributed by atoms with Crippen molar-refractivity contribution in [3.8, 4) is 0 Å². The maximum atomic E-state index is 12.1. The average molecular weight is 239 g/mol. The first-order valence-electron chi connectivity index (χ1n) is 5.01. The molecule has 0 aromatic rings. The third-order valence-corrected chi connectivity index (χ3v) is 4.06. The highest BCUT2D eigenvalue weighted by molar-refractivity contribution is 7.51. The van der Waals surface area contributed by atoms with Gasteiger partial charge in [-0.1, -0.05) is 0 Å². The van der Waals surface area contributed by atoms with Crippen molar-refractivity contribution in [1.29, 1.82) is 0 Å². The predicted octanol–water partition coefficient (Wildman–Crippen LogP) is 0.387. The zero-order valence-corrected chi connectivity index (χ0v) is 10.4. The molecule has 0 bridgehead atoms. The van der Waals surface area contributed by atoms with Gasteiger partial charge in [-0.3, -0.25) is 9.05 Å². The van der Waals surface area contributed by atoms with Gasteiger partial charge in [-0.2, -0.15) is 0 Å². The van der Waals surface area contributed by atoms with Gasteiger partial charge in [-0.05, 0) is 25.9 Å². The summed E-state index contributed by atoms with van der Waals surface area (Å²) in [4.78, 5) is 0. The Bertz CT molecular complexity index is 188. The molecule has 4 N–H and O–H groups in total. The van der Waals surface area contributed by atoms with Crippen LogP contribution in [0.5, 0.6) is 0 Å². The van der Waals surface area contributed by atoms with Crippen LogP contribution in [0, 0.1) is 0 Å². The third-order valence-electron chi connectivity index (χ3n) is 2.05. The molecule has 0 saturated heterocycles. The summed E-state index contributed by atoms with van der Waals surface area (Å²) in [6.07, 6.45) is 1.50. The van der Waals surface area contributed by atoms with Crippen molar-refractivity contribution in [1.82, 2.24) is 4.67 Å². The van der Waals surface area contributed by atoms with Gasteiger partial charge in [0.2, 0.25) is 0 Å². The Labute approximate surface area is 91.5 Å². The zero-order valence-electron chi connectivity index (χ0n) is 9.52. The van der Waals surface area contributed by atoms with Crippen molar-refractivity contribution in [2.75, 3.05) is 40.4 Å². The summed E-state index contributed by atoms with van der Waals surface area (Å²) >= 11 is 0. The predicted molar refractivity (Wildman–Crippen MR) is 60.5 cm³/mol. The van der Waals surface area contributed by atoms with Crippen LogP contribution < -0.4 is 11.5 Å². The fraction of sp³-hybridized carbons (Fsp3) is 1.00. The Morgan fingerprint density at radius 3 is 1.73 bits per heavy atom. The van der Waals surface area contributed by atoms with E-state index in [-0.39, 0.29) is 0 Å². The molecule has 7 heteroatoms. The molecular weight excluding hydrogens is 217 g/mol. The molecule has 0 aliphatic heterocycles. The van der Waals surface area contributed by atoms with Gasteiger partial charge in [0, 0.05) is 27.3 Å². The molecule has 0 aromatic heterocycles. The lowest BCUT2D eigenvalue weighted by Crippen LogP contribution is -2.27. The van der Waals surface area contributed by atoms with E-state index in [2.05, 4.69) is 0 Å². The van der Waals surface area contributed by atoms with E-state index in [1.165, 1.54) is 14.2 Å². The lowest BCUT2D eigenvalue weighted by Gasteiger charge is -2.27. The third kappa shape index (κ3) is 5.06. The van der Waals surface area contributed by atoms with Gasteiger partial charge in [0.15, 0.2) is 0 Å². The van der Waals surface area contributed by atoms with Gasteiger partial charge in [0.05, 0.1) is 0 Å². The monoisotopic (exact) mass is 239 g/mol. The fourth-order valence-electron chi connectivity index (χ4n) is 1.21. The maximum Gasteiger partial charge on any atom is 0.407 e. The highest BCUT2D eigenvalue weighted by Crippen LogP contribution is 2.50. The van der Waals surface area contributed by atoms with Gasteiger partial charge in [-0.25, -0.2) is 9.24 Å². The van der Waals surface area contributed by atoms with Crippen LogP contribution >= 0.6 is 7.75 Å². The van der Waals surface area contributed by atoms with Crippen molar-refractivity contribution in [2.45, 2.75) is 12.8 Å². The SMILES string of the molecule is COP(=O)(OC)N(CCCN)CCCN. The molecule has 0 atom stereocenters. The second kappa shape index (κ2) is 8.21. The largest absolute Gasteiger partial charge is 0.407 e. The molecule has 92 valence electrons. The lowest BCUT2D eigenvalue weighted by atomic mass is 10.4. The molecule has 0 rings (SSSR count). The van der Waals surface area contributed by atoms with E-state index in [9.17, 15) is 4.57 Å². The molecule has 15 heavy (non-hydrogen) atoms. The van der Waals surface area contributed by atoms with Crippen molar-refractivity contribution >= 4 is 7.75 Å². The molecule has 0 aromatic carbocycles. The molecule has 0 saturated carbocycles. The van der Waals surface area contributed by atoms with E-state index in [4.69, 9.17) is 20.5 Å². The van der Waals surface area contributed by atoms with Crippen molar-refractivity contribution in [2.24, 2.45) is 11.5 Å². The molecule has 0 fully saturated rings. The first-order valence-corrected chi connectivity index (χ1v) is 6.51. The molecule has 0 aliphatic carbocycles. The maximum absolute atomic E-state index is 12.1. The van der Waals surface area contributed by atoms with Crippen LogP contribution in [0.2, 0.25) is 0 Å². The number of nitrogens with zero attached hydrogens (tertiary/aromatic N) is 1.